The lowest BCUT2D eigenvalue weighted by molar-refractivity contribution is 0.112. The molecule has 0 atom stereocenters. The van der Waals surface area contributed by atoms with Gasteiger partial charge in [0.25, 0.3) is 0 Å². The van der Waals surface area contributed by atoms with Gasteiger partial charge >= 0.3 is 0 Å². The topological polar surface area (TPSA) is 42.9 Å². The Morgan fingerprint density at radius 3 is 2.93 bits per heavy atom. The lowest BCUT2D eigenvalue weighted by Gasteiger charge is -1.99. The standard InChI is InChI=1S/C10H7BrN2O/c11-4-8-5-12-10-3-7(6-14)1-2-9(10)13-8/h1-3,5-6H,4H2. The van der Waals surface area contributed by atoms with E-state index in [0.29, 0.717) is 10.9 Å². The molecule has 2 aromatic rings. The van der Waals surface area contributed by atoms with E-state index in [2.05, 4.69) is 25.9 Å². The van der Waals surface area contributed by atoms with Crippen molar-refractivity contribution in [3.63, 3.8) is 0 Å². The molecule has 70 valence electrons. The molecule has 2 rings (SSSR count). The zero-order valence-corrected chi connectivity index (χ0v) is 8.86. The van der Waals surface area contributed by atoms with E-state index in [1.54, 1.807) is 24.4 Å². The second-order valence-electron chi connectivity index (χ2n) is 2.86. The fourth-order valence-corrected chi connectivity index (χ4v) is 1.47. The number of aldehydes is 1. The van der Waals surface area contributed by atoms with Crippen LogP contribution in [0.25, 0.3) is 11.0 Å². The zero-order chi connectivity index (χ0) is 9.97. The van der Waals surface area contributed by atoms with E-state index in [9.17, 15) is 4.79 Å². The third-order valence-corrected chi connectivity index (χ3v) is 2.46. The fraction of sp³-hybridized carbons (Fsp3) is 0.100. The molecular formula is C10H7BrN2O. The number of nitrogens with zero attached hydrogens (tertiary/aromatic N) is 2. The summed E-state index contributed by atoms with van der Waals surface area (Å²) in [4.78, 5) is 19.1. The molecule has 0 unspecified atom stereocenters. The van der Waals surface area contributed by atoms with Crippen molar-refractivity contribution in [3.8, 4) is 0 Å². The monoisotopic (exact) mass is 250 g/mol. The Morgan fingerprint density at radius 1 is 1.36 bits per heavy atom. The highest BCUT2D eigenvalue weighted by Crippen LogP contribution is 2.12. The Hall–Kier alpha value is -1.29. The van der Waals surface area contributed by atoms with Crippen LogP contribution in [0, 0.1) is 0 Å². The molecule has 0 saturated heterocycles. The van der Waals surface area contributed by atoms with E-state index in [1.165, 1.54) is 0 Å². The number of carbonyl (C=O) groups is 1. The van der Waals surface area contributed by atoms with Crippen LogP contribution < -0.4 is 0 Å². The van der Waals surface area contributed by atoms with Crippen molar-refractivity contribution in [3.05, 3.63) is 35.7 Å². The number of halogens is 1. The van der Waals surface area contributed by atoms with E-state index in [-0.39, 0.29) is 0 Å². The first kappa shape index (κ1) is 9.27. The maximum atomic E-state index is 10.5. The van der Waals surface area contributed by atoms with Gasteiger partial charge in [0.05, 0.1) is 16.7 Å². The van der Waals surface area contributed by atoms with Crippen LogP contribution in [0.5, 0.6) is 0 Å². The predicted molar refractivity (Wildman–Crippen MR) is 57.6 cm³/mol. The minimum atomic E-state index is 0.624. The Kier molecular flexibility index (Phi) is 2.54. The first-order chi connectivity index (χ1) is 6.83. The number of fused-ring (bicyclic) bond motifs is 1. The van der Waals surface area contributed by atoms with Gasteiger partial charge in [-0.1, -0.05) is 15.9 Å². The van der Waals surface area contributed by atoms with Crippen LogP contribution in [0.4, 0.5) is 0 Å². The van der Waals surface area contributed by atoms with Crippen LogP contribution in [0.1, 0.15) is 16.1 Å². The molecule has 0 aliphatic carbocycles. The van der Waals surface area contributed by atoms with E-state index in [4.69, 9.17) is 0 Å². The maximum absolute atomic E-state index is 10.5. The van der Waals surface area contributed by atoms with Gasteiger partial charge in [0.2, 0.25) is 0 Å². The number of hydrogen-bond donors (Lipinski definition) is 0. The van der Waals surface area contributed by atoms with Crippen LogP contribution in [-0.2, 0) is 5.33 Å². The SMILES string of the molecule is O=Cc1ccc2nc(CBr)cnc2c1. The van der Waals surface area contributed by atoms with Crippen molar-refractivity contribution in [2.24, 2.45) is 0 Å². The zero-order valence-electron chi connectivity index (χ0n) is 7.27. The first-order valence-electron chi connectivity index (χ1n) is 4.10. The fourth-order valence-electron chi connectivity index (χ4n) is 1.20. The molecule has 1 aromatic heterocycles. The Labute approximate surface area is 89.3 Å². The van der Waals surface area contributed by atoms with Gasteiger partial charge in [-0.25, -0.2) is 4.98 Å². The van der Waals surface area contributed by atoms with Crippen LogP contribution in [0.3, 0.4) is 0 Å². The number of aromatic nitrogens is 2. The van der Waals surface area contributed by atoms with E-state index < -0.39 is 0 Å². The summed E-state index contributed by atoms with van der Waals surface area (Å²) in [6.07, 6.45) is 2.51. The Balaban J connectivity index is 2.63. The number of hydrogen-bond acceptors (Lipinski definition) is 3. The largest absolute Gasteiger partial charge is 0.298 e. The summed E-state index contributed by atoms with van der Waals surface area (Å²) < 4.78 is 0. The average molecular weight is 251 g/mol. The summed E-state index contributed by atoms with van der Waals surface area (Å²) in [5.41, 5.74) is 3.07. The van der Waals surface area contributed by atoms with Crippen molar-refractivity contribution < 1.29 is 4.79 Å². The van der Waals surface area contributed by atoms with Gasteiger partial charge < -0.3 is 0 Å². The van der Waals surface area contributed by atoms with Crippen LogP contribution >= 0.6 is 15.9 Å². The van der Waals surface area contributed by atoms with Crippen molar-refractivity contribution in [1.82, 2.24) is 9.97 Å². The summed E-state index contributed by atoms with van der Waals surface area (Å²) >= 11 is 3.31. The maximum Gasteiger partial charge on any atom is 0.150 e. The summed E-state index contributed by atoms with van der Waals surface area (Å²) in [5.74, 6) is 0. The smallest absolute Gasteiger partial charge is 0.150 e. The second kappa shape index (κ2) is 3.84. The number of benzene rings is 1. The molecule has 0 saturated carbocycles. The molecule has 0 radical (unpaired) electrons. The van der Waals surface area contributed by atoms with Crippen molar-refractivity contribution in [1.29, 1.82) is 0 Å². The van der Waals surface area contributed by atoms with Crippen molar-refractivity contribution in [2.75, 3.05) is 0 Å². The normalized spacial score (nSPS) is 10.4. The molecule has 4 heteroatoms. The lowest BCUT2D eigenvalue weighted by atomic mass is 10.2. The highest BCUT2D eigenvalue weighted by atomic mass is 79.9. The Bertz CT molecular complexity index is 485. The highest BCUT2D eigenvalue weighted by molar-refractivity contribution is 9.08. The summed E-state index contributed by atoms with van der Waals surface area (Å²) in [6.45, 7) is 0. The molecular weight excluding hydrogens is 244 g/mol. The molecule has 1 aromatic carbocycles. The minimum Gasteiger partial charge on any atom is -0.298 e. The van der Waals surface area contributed by atoms with E-state index in [1.807, 2.05) is 0 Å². The molecule has 3 nitrogen and oxygen atoms in total. The predicted octanol–water partition coefficient (Wildman–Crippen LogP) is 2.34. The van der Waals surface area contributed by atoms with Gasteiger partial charge in [0, 0.05) is 17.1 Å². The second-order valence-corrected chi connectivity index (χ2v) is 3.42. The van der Waals surface area contributed by atoms with Crippen LogP contribution in [0.2, 0.25) is 0 Å². The van der Waals surface area contributed by atoms with Crippen molar-refractivity contribution >= 4 is 33.2 Å². The molecule has 14 heavy (non-hydrogen) atoms. The summed E-state index contributed by atoms with van der Waals surface area (Å²) in [5, 5.41) is 0.686. The minimum absolute atomic E-state index is 0.624. The van der Waals surface area contributed by atoms with Crippen molar-refractivity contribution in [2.45, 2.75) is 5.33 Å². The molecule has 1 heterocycles. The van der Waals surface area contributed by atoms with Gasteiger partial charge in [-0.2, -0.15) is 0 Å². The number of carbonyl (C=O) groups excluding carboxylic acids is 1. The van der Waals surface area contributed by atoms with Gasteiger partial charge in [-0.3, -0.25) is 9.78 Å². The van der Waals surface area contributed by atoms with E-state index in [0.717, 1.165) is 23.0 Å². The average Bonchev–Trinajstić information content (AvgIpc) is 2.27. The lowest BCUT2D eigenvalue weighted by Crippen LogP contribution is -1.90. The molecule has 0 amide bonds. The summed E-state index contributed by atoms with van der Waals surface area (Å²) in [7, 11) is 0. The third-order valence-electron chi connectivity index (χ3n) is 1.89. The number of alkyl halides is 1. The van der Waals surface area contributed by atoms with Gasteiger partial charge in [-0.05, 0) is 18.2 Å². The molecule has 0 N–H and O–H groups in total. The third kappa shape index (κ3) is 1.65. The molecule has 0 spiro atoms. The number of rotatable bonds is 2. The molecule has 0 fully saturated rings. The van der Waals surface area contributed by atoms with Gasteiger partial charge in [0.15, 0.2) is 0 Å². The van der Waals surface area contributed by atoms with E-state index >= 15 is 0 Å². The Morgan fingerprint density at radius 2 is 2.21 bits per heavy atom. The van der Waals surface area contributed by atoms with Gasteiger partial charge in [-0.15, -0.1) is 0 Å². The highest BCUT2D eigenvalue weighted by Gasteiger charge is 1.99. The quantitative estimate of drug-likeness (QED) is 0.607. The first-order valence-corrected chi connectivity index (χ1v) is 5.22. The summed E-state index contributed by atoms with van der Waals surface area (Å²) in [6, 6.07) is 5.27. The van der Waals surface area contributed by atoms with Gasteiger partial charge in [0.1, 0.15) is 6.29 Å². The molecule has 0 aliphatic rings. The molecule has 0 aliphatic heterocycles. The van der Waals surface area contributed by atoms with Crippen LogP contribution in [-0.4, -0.2) is 16.3 Å². The molecule has 0 bridgehead atoms. The van der Waals surface area contributed by atoms with Crippen LogP contribution in [0.15, 0.2) is 24.4 Å².